The van der Waals surface area contributed by atoms with Gasteiger partial charge in [-0.1, -0.05) is 30.7 Å². The van der Waals surface area contributed by atoms with Crippen LogP contribution in [0.3, 0.4) is 0 Å². The van der Waals surface area contributed by atoms with Crippen molar-refractivity contribution in [2.75, 3.05) is 46.4 Å². The number of β-amino-alcohol motifs (C(OH)–C–C–N with tert-alkyl or cyclic N) is 1. The molecule has 29 heavy (non-hydrogen) atoms. The zero-order chi connectivity index (χ0) is 20.5. The second-order valence-corrected chi connectivity index (χ2v) is 8.58. The molecule has 0 saturated heterocycles. The van der Waals surface area contributed by atoms with Crippen LogP contribution in [0.2, 0.25) is 0 Å². The molecule has 0 spiro atoms. The van der Waals surface area contributed by atoms with Crippen molar-refractivity contribution in [3.8, 4) is 0 Å². The highest BCUT2D eigenvalue weighted by Crippen LogP contribution is 2.44. The number of methoxy groups -OCH3 is 1. The Labute approximate surface area is 175 Å². The van der Waals surface area contributed by atoms with Crippen LogP contribution in [0.25, 0.3) is 0 Å². The lowest BCUT2D eigenvalue weighted by Crippen LogP contribution is -2.46. The minimum absolute atomic E-state index is 0.304. The standard InChI is InChI=1S/C23H38N4O2/c1-3-24-22(26-18-23(10-6-11-23)12-14-29-2)25-15-21(28)17-27-13-9-19-7-4-5-8-20(19)16-27/h4-5,7-8,21,28H,3,6,9-18H2,1-2H3,(H2,24,25,26). The van der Waals surface area contributed by atoms with Gasteiger partial charge in [-0.3, -0.25) is 9.89 Å². The largest absolute Gasteiger partial charge is 0.390 e. The summed E-state index contributed by atoms with van der Waals surface area (Å²) in [6.07, 6.45) is 5.47. The van der Waals surface area contributed by atoms with Crippen molar-refractivity contribution in [3.05, 3.63) is 35.4 Å². The zero-order valence-corrected chi connectivity index (χ0v) is 18.1. The molecule has 0 radical (unpaired) electrons. The highest BCUT2D eigenvalue weighted by Gasteiger charge is 2.36. The van der Waals surface area contributed by atoms with E-state index in [1.54, 1.807) is 7.11 Å². The van der Waals surface area contributed by atoms with Gasteiger partial charge in [0.25, 0.3) is 0 Å². The number of benzene rings is 1. The van der Waals surface area contributed by atoms with Crippen molar-refractivity contribution < 1.29 is 9.84 Å². The third kappa shape index (κ3) is 6.43. The number of aliphatic imine (C=N–C) groups is 1. The summed E-state index contributed by atoms with van der Waals surface area (Å²) in [4.78, 5) is 7.16. The molecule has 1 atom stereocenters. The Morgan fingerprint density at radius 3 is 2.76 bits per heavy atom. The summed E-state index contributed by atoms with van der Waals surface area (Å²) in [6, 6.07) is 8.62. The number of aliphatic hydroxyl groups is 1. The molecule has 1 heterocycles. The SMILES string of the molecule is CCNC(=NCC1(CCOC)CCC1)NCC(O)CN1CCc2ccccc2C1. The van der Waals surface area contributed by atoms with Crippen LogP contribution in [0, 0.1) is 5.41 Å². The van der Waals surface area contributed by atoms with E-state index < -0.39 is 6.10 Å². The molecule has 0 bridgehead atoms. The number of aliphatic hydroxyl groups excluding tert-OH is 1. The quantitative estimate of drug-likeness (QED) is 0.413. The van der Waals surface area contributed by atoms with Gasteiger partial charge in [-0.15, -0.1) is 0 Å². The fourth-order valence-electron chi connectivity index (χ4n) is 4.36. The van der Waals surface area contributed by atoms with E-state index in [-0.39, 0.29) is 0 Å². The number of rotatable bonds is 10. The van der Waals surface area contributed by atoms with Gasteiger partial charge in [-0.25, -0.2) is 0 Å². The molecule has 6 nitrogen and oxygen atoms in total. The second kappa shape index (κ2) is 11.0. The van der Waals surface area contributed by atoms with E-state index in [2.05, 4.69) is 46.7 Å². The molecule has 6 heteroatoms. The minimum atomic E-state index is -0.421. The Balaban J connectivity index is 1.46. The van der Waals surface area contributed by atoms with Gasteiger partial charge in [0.2, 0.25) is 0 Å². The van der Waals surface area contributed by atoms with Gasteiger partial charge in [0, 0.05) is 53.0 Å². The van der Waals surface area contributed by atoms with Crippen LogP contribution in [0.5, 0.6) is 0 Å². The van der Waals surface area contributed by atoms with E-state index in [4.69, 9.17) is 9.73 Å². The van der Waals surface area contributed by atoms with Crippen LogP contribution in [0.1, 0.15) is 43.7 Å². The van der Waals surface area contributed by atoms with Crippen molar-refractivity contribution >= 4 is 5.96 Å². The fourth-order valence-corrected chi connectivity index (χ4v) is 4.36. The lowest BCUT2D eigenvalue weighted by atomic mass is 9.67. The van der Waals surface area contributed by atoms with Gasteiger partial charge >= 0.3 is 0 Å². The molecule has 1 fully saturated rings. The van der Waals surface area contributed by atoms with Crippen molar-refractivity contribution in [2.24, 2.45) is 10.4 Å². The number of guanidine groups is 1. The summed E-state index contributed by atoms with van der Waals surface area (Å²) in [5, 5.41) is 17.2. The maximum Gasteiger partial charge on any atom is 0.191 e. The molecule has 0 aromatic heterocycles. The molecule has 1 aromatic rings. The number of hydrogen-bond donors (Lipinski definition) is 3. The number of fused-ring (bicyclic) bond motifs is 1. The van der Waals surface area contributed by atoms with Crippen molar-refractivity contribution in [1.29, 1.82) is 0 Å². The van der Waals surface area contributed by atoms with E-state index in [1.165, 1.54) is 30.4 Å². The minimum Gasteiger partial charge on any atom is -0.390 e. The van der Waals surface area contributed by atoms with Gasteiger partial charge < -0.3 is 20.5 Å². The zero-order valence-electron chi connectivity index (χ0n) is 18.1. The molecule has 0 amide bonds. The summed E-state index contributed by atoms with van der Waals surface area (Å²) < 4.78 is 5.28. The summed E-state index contributed by atoms with van der Waals surface area (Å²) in [5.41, 5.74) is 3.13. The summed E-state index contributed by atoms with van der Waals surface area (Å²) in [5.74, 6) is 0.805. The predicted molar refractivity (Wildman–Crippen MR) is 118 cm³/mol. The first-order chi connectivity index (χ1) is 14.1. The molecule has 3 N–H and O–H groups in total. The second-order valence-electron chi connectivity index (χ2n) is 8.58. The van der Waals surface area contributed by atoms with Crippen molar-refractivity contribution in [3.63, 3.8) is 0 Å². The summed E-state index contributed by atoms with van der Waals surface area (Å²) in [7, 11) is 1.77. The molecule has 162 valence electrons. The van der Waals surface area contributed by atoms with Crippen LogP contribution < -0.4 is 10.6 Å². The lowest BCUT2D eigenvalue weighted by Gasteiger charge is -2.40. The molecule has 1 aliphatic carbocycles. The van der Waals surface area contributed by atoms with E-state index in [9.17, 15) is 5.11 Å². The Morgan fingerprint density at radius 1 is 1.28 bits per heavy atom. The van der Waals surface area contributed by atoms with Crippen LogP contribution in [-0.2, 0) is 17.7 Å². The number of hydrogen-bond acceptors (Lipinski definition) is 4. The molecule has 2 aliphatic rings. The molecule has 1 saturated carbocycles. The molecular formula is C23H38N4O2. The number of nitrogens with one attached hydrogen (secondary N) is 2. The Hall–Kier alpha value is -1.63. The molecular weight excluding hydrogens is 364 g/mol. The molecule has 3 rings (SSSR count). The van der Waals surface area contributed by atoms with Crippen LogP contribution in [-0.4, -0.2) is 68.5 Å². The summed E-state index contributed by atoms with van der Waals surface area (Å²) >= 11 is 0. The molecule has 1 aliphatic heterocycles. The normalized spacial score (nSPS) is 19.9. The van der Waals surface area contributed by atoms with Gasteiger partial charge in [0.05, 0.1) is 6.10 Å². The highest BCUT2D eigenvalue weighted by atomic mass is 16.5. The van der Waals surface area contributed by atoms with Crippen molar-refractivity contribution in [1.82, 2.24) is 15.5 Å². The molecule has 1 aromatic carbocycles. The third-order valence-electron chi connectivity index (χ3n) is 6.35. The van der Waals surface area contributed by atoms with Gasteiger partial charge in [-0.2, -0.15) is 0 Å². The highest BCUT2D eigenvalue weighted by molar-refractivity contribution is 5.79. The molecule has 1 unspecified atom stereocenters. The van der Waals surface area contributed by atoms with E-state index in [0.717, 1.165) is 51.6 Å². The van der Waals surface area contributed by atoms with Crippen LogP contribution in [0.4, 0.5) is 0 Å². The van der Waals surface area contributed by atoms with Gasteiger partial charge in [0.15, 0.2) is 5.96 Å². The first-order valence-corrected chi connectivity index (χ1v) is 11.1. The average molecular weight is 403 g/mol. The lowest BCUT2D eigenvalue weighted by molar-refractivity contribution is 0.0778. The topological polar surface area (TPSA) is 69.1 Å². The third-order valence-corrected chi connectivity index (χ3v) is 6.35. The maximum atomic E-state index is 10.6. The van der Waals surface area contributed by atoms with Gasteiger partial charge in [-0.05, 0) is 49.1 Å². The Kier molecular flexibility index (Phi) is 8.33. The van der Waals surface area contributed by atoms with Gasteiger partial charge in [0.1, 0.15) is 0 Å². The van der Waals surface area contributed by atoms with Crippen LogP contribution >= 0.6 is 0 Å². The predicted octanol–water partition coefficient (Wildman–Crippen LogP) is 2.17. The smallest absolute Gasteiger partial charge is 0.191 e. The van der Waals surface area contributed by atoms with E-state index in [1.807, 2.05) is 0 Å². The first-order valence-electron chi connectivity index (χ1n) is 11.1. The summed E-state index contributed by atoms with van der Waals surface area (Å²) in [6.45, 7) is 7.63. The van der Waals surface area contributed by atoms with Crippen LogP contribution in [0.15, 0.2) is 29.3 Å². The monoisotopic (exact) mass is 402 g/mol. The van der Waals surface area contributed by atoms with Crippen molar-refractivity contribution in [2.45, 2.75) is 51.7 Å². The fraction of sp³-hybridized carbons (Fsp3) is 0.696. The van der Waals surface area contributed by atoms with E-state index in [0.29, 0.717) is 18.5 Å². The first kappa shape index (κ1) is 22.1. The average Bonchev–Trinajstić information content (AvgIpc) is 2.70. The Bertz CT molecular complexity index is 660. The Morgan fingerprint density at radius 2 is 2.07 bits per heavy atom. The number of nitrogens with zero attached hydrogens (tertiary/aromatic N) is 2. The van der Waals surface area contributed by atoms with E-state index >= 15 is 0 Å². The maximum absolute atomic E-state index is 10.6. The number of ether oxygens (including phenoxy) is 1.